The van der Waals surface area contributed by atoms with Crippen molar-refractivity contribution < 1.29 is 9.53 Å². The van der Waals surface area contributed by atoms with Gasteiger partial charge in [-0.15, -0.1) is 0 Å². The normalized spacial score (nSPS) is 23.3. The molecule has 4 nitrogen and oxygen atoms in total. The van der Waals surface area contributed by atoms with E-state index in [2.05, 4.69) is 11.9 Å². The summed E-state index contributed by atoms with van der Waals surface area (Å²) >= 11 is 0. The minimum Gasteiger partial charge on any atom is -0.474 e. The van der Waals surface area contributed by atoms with E-state index in [0.717, 1.165) is 44.7 Å². The molecule has 0 unspecified atom stereocenters. The molecule has 1 amide bonds. The topological polar surface area (TPSA) is 42.4 Å². The van der Waals surface area contributed by atoms with Crippen molar-refractivity contribution in [2.24, 2.45) is 5.92 Å². The maximum absolute atomic E-state index is 12.3. The third kappa shape index (κ3) is 3.99. The summed E-state index contributed by atoms with van der Waals surface area (Å²) in [4.78, 5) is 18.5. The fourth-order valence-electron chi connectivity index (χ4n) is 2.96. The van der Waals surface area contributed by atoms with E-state index < -0.39 is 0 Å². The van der Waals surface area contributed by atoms with Gasteiger partial charge in [0.05, 0.1) is 0 Å². The average Bonchev–Trinajstić information content (AvgIpc) is 3.06. The van der Waals surface area contributed by atoms with Crippen molar-refractivity contribution in [1.29, 1.82) is 0 Å². The van der Waals surface area contributed by atoms with Gasteiger partial charge in [0.25, 0.3) is 5.91 Å². The lowest BCUT2D eigenvalue weighted by Gasteiger charge is -2.34. The summed E-state index contributed by atoms with van der Waals surface area (Å²) < 4.78 is 5.85. The molecular weight excluding hydrogens is 276 g/mol. The molecule has 0 bridgehead atoms. The number of rotatable bonds is 4. The molecule has 3 rings (SSSR count). The number of hydrogen-bond acceptors (Lipinski definition) is 3. The zero-order chi connectivity index (χ0) is 15.9. The largest absolute Gasteiger partial charge is 0.474 e. The molecule has 2 aliphatic rings. The van der Waals surface area contributed by atoms with Gasteiger partial charge in [-0.3, -0.25) is 4.79 Å². The van der Waals surface area contributed by atoms with E-state index in [4.69, 9.17) is 4.74 Å². The van der Waals surface area contributed by atoms with Gasteiger partial charge in [0.2, 0.25) is 5.88 Å². The monoisotopic (exact) mass is 304 g/mol. The molecule has 1 aromatic rings. The van der Waals surface area contributed by atoms with Crippen molar-refractivity contribution in [2.75, 3.05) is 13.1 Å². The lowest BCUT2D eigenvalue weighted by molar-refractivity contribution is 0.0582. The molecule has 2 fully saturated rings. The first-order valence-corrected chi connectivity index (χ1v) is 8.69. The van der Waals surface area contributed by atoms with E-state index >= 15 is 0 Å². The van der Waals surface area contributed by atoms with E-state index in [1.165, 1.54) is 6.42 Å². The number of amides is 1. The van der Waals surface area contributed by atoms with Crippen LogP contribution in [0.4, 0.5) is 0 Å². The summed E-state index contributed by atoms with van der Waals surface area (Å²) in [6, 6.07) is 5.49. The van der Waals surface area contributed by atoms with Gasteiger partial charge in [0, 0.05) is 19.2 Å². The highest BCUT2D eigenvalue weighted by atomic mass is 16.5. The molecule has 0 N–H and O–H groups in total. The number of hydrogen-bond donors (Lipinski definition) is 0. The summed E-state index contributed by atoms with van der Waals surface area (Å²) in [6.07, 6.45) is 5.93. The molecule has 1 aliphatic carbocycles. The molecule has 122 valence electrons. The maximum atomic E-state index is 12.3. The third-order valence-corrected chi connectivity index (χ3v) is 4.39. The van der Waals surface area contributed by atoms with Crippen molar-refractivity contribution in [3.8, 4) is 5.88 Å². The molecule has 0 atom stereocenters. The zero-order valence-corrected chi connectivity index (χ0v) is 14.0. The Kier molecular flexibility index (Phi) is 6.22. The van der Waals surface area contributed by atoms with Gasteiger partial charge >= 0.3 is 0 Å². The predicted octanol–water partition coefficient (Wildman–Crippen LogP) is 3.91. The Balaban J connectivity index is 0.000000847. The van der Waals surface area contributed by atoms with Gasteiger partial charge in [-0.2, -0.15) is 0 Å². The second-order valence-corrected chi connectivity index (χ2v) is 5.85. The molecule has 1 aromatic heterocycles. The lowest BCUT2D eigenvalue weighted by atomic mass is 9.80. The average molecular weight is 304 g/mol. The summed E-state index contributed by atoms with van der Waals surface area (Å²) in [6.45, 7) is 7.92. The highest BCUT2D eigenvalue weighted by Crippen LogP contribution is 2.32. The Morgan fingerprint density at radius 2 is 1.95 bits per heavy atom. The SMILES string of the molecule is CC.CCC1CC(Oc2cccc(C(=O)N3CCCC3)n2)C1. The zero-order valence-electron chi connectivity index (χ0n) is 14.0. The van der Waals surface area contributed by atoms with Crippen LogP contribution in [0.2, 0.25) is 0 Å². The molecule has 2 heterocycles. The van der Waals surface area contributed by atoms with Gasteiger partial charge in [-0.05, 0) is 37.7 Å². The van der Waals surface area contributed by atoms with Gasteiger partial charge in [-0.1, -0.05) is 33.3 Å². The lowest BCUT2D eigenvalue weighted by Crippen LogP contribution is -2.34. The number of carbonyl (C=O) groups excluding carboxylic acids is 1. The van der Waals surface area contributed by atoms with Crippen LogP contribution in [0.1, 0.15) is 63.4 Å². The molecule has 0 spiro atoms. The van der Waals surface area contributed by atoms with Gasteiger partial charge < -0.3 is 9.64 Å². The van der Waals surface area contributed by atoms with Crippen molar-refractivity contribution in [3.63, 3.8) is 0 Å². The molecule has 1 saturated carbocycles. The van der Waals surface area contributed by atoms with Crippen molar-refractivity contribution >= 4 is 5.91 Å². The van der Waals surface area contributed by atoms with E-state index in [-0.39, 0.29) is 12.0 Å². The minimum absolute atomic E-state index is 0.0352. The fraction of sp³-hybridized carbons (Fsp3) is 0.667. The number of aromatic nitrogens is 1. The minimum atomic E-state index is 0.0352. The van der Waals surface area contributed by atoms with Crippen LogP contribution in [0, 0.1) is 5.92 Å². The Hall–Kier alpha value is -1.58. The second-order valence-electron chi connectivity index (χ2n) is 5.85. The maximum Gasteiger partial charge on any atom is 0.272 e. The van der Waals surface area contributed by atoms with Crippen LogP contribution in [0.25, 0.3) is 0 Å². The molecule has 1 aliphatic heterocycles. The first-order valence-electron chi connectivity index (χ1n) is 8.69. The molecule has 0 radical (unpaired) electrons. The third-order valence-electron chi connectivity index (χ3n) is 4.39. The number of carbonyl (C=O) groups is 1. The quantitative estimate of drug-likeness (QED) is 0.847. The van der Waals surface area contributed by atoms with Crippen molar-refractivity contribution in [2.45, 2.75) is 59.0 Å². The first kappa shape index (κ1) is 16.8. The Morgan fingerprint density at radius 1 is 1.27 bits per heavy atom. The van der Waals surface area contributed by atoms with Crippen LogP contribution in [0.5, 0.6) is 5.88 Å². The summed E-state index contributed by atoms with van der Waals surface area (Å²) in [7, 11) is 0. The summed E-state index contributed by atoms with van der Waals surface area (Å²) in [5.74, 6) is 1.43. The second kappa shape index (κ2) is 8.16. The highest BCUT2D eigenvalue weighted by molar-refractivity contribution is 5.92. The number of nitrogens with zero attached hydrogens (tertiary/aromatic N) is 2. The Morgan fingerprint density at radius 3 is 2.59 bits per heavy atom. The van der Waals surface area contributed by atoms with Gasteiger partial charge in [0.1, 0.15) is 11.8 Å². The molecular formula is C18H28N2O2. The number of ether oxygens (including phenoxy) is 1. The van der Waals surface area contributed by atoms with Gasteiger partial charge in [0.15, 0.2) is 0 Å². The van der Waals surface area contributed by atoms with Gasteiger partial charge in [-0.25, -0.2) is 4.98 Å². The molecule has 1 saturated heterocycles. The van der Waals surface area contributed by atoms with E-state index in [0.29, 0.717) is 11.6 Å². The van der Waals surface area contributed by atoms with Crippen molar-refractivity contribution in [3.05, 3.63) is 23.9 Å². The number of pyridine rings is 1. The van der Waals surface area contributed by atoms with Crippen molar-refractivity contribution in [1.82, 2.24) is 9.88 Å². The van der Waals surface area contributed by atoms with E-state index in [1.54, 1.807) is 6.07 Å². The van der Waals surface area contributed by atoms with Crippen LogP contribution in [0.15, 0.2) is 18.2 Å². The standard InChI is InChI=1S/C16H22N2O2.C2H6/c1-2-12-10-13(11-12)20-15-7-5-6-14(17-15)16(19)18-8-3-4-9-18;1-2/h5-7,12-13H,2-4,8-11H2,1H3;1-2H3. The summed E-state index contributed by atoms with van der Waals surface area (Å²) in [5.41, 5.74) is 0.510. The van der Waals surface area contributed by atoms with Crippen LogP contribution in [0.3, 0.4) is 0 Å². The first-order chi connectivity index (χ1) is 10.8. The predicted molar refractivity (Wildman–Crippen MR) is 88.2 cm³/mol. The fourth-order valence-corrected chi connectivity index (χ4v) is 2.96. The van der Waals surface area contributed by atoms with Crippen LogP contribution >= 0.6 is 0 Å². The smallest absolute Gasteiger partial charge is 0.272 e. The number of likely N-dealkylation sites (tertiary alicyclic amines) is 1. The van der Waals surface area contributed by atoms with E-state index in [1.807, 2.05) is 30.9 Å². The van der Waals surface area contributed by atoms with Crippen LogP contribution < -0.4 is 4.74 Å². The Bertz CT molecular complexity index is 478. The molecule has 0 aromatic carbocycles. The van der Waals surface area contributed by atoms with E-state index in [9.17, 15) is 4.79 Å². The van der Waals surface area contributed by atoms with Crippen LogP contribution in [-0.4, -0.2) is 35.0 Å². The molecule has 22 heavy (non-hydrogen) atoms. The Labute approximate surface area is 133 Å². The highest BCUT2D eigenvalue weighted by Gasteiger charge is 2.29. The summed E-state index contributed by atoms with van der Waals surface area (Å²) in [5, 5.41) is 0. The van der Waals surface area contributed by atoms with Crippen LogP contribution in [-0.2, 0) is 0 Å². The molecule has 4 heteroatoms.